The van der Waals surface area contributed by atoms with Crippen LogP contribution >= 0.6 is 11.8 Å². The van der Waals surface area contributed by atoms with E-state index in [0.29, 0.717) is 24.2 Å². The average Bonchev–Trinajstić information content (AvgIpc) is 2.85. The molecule has 34 heavy (non-hydrogen) atoms. The fraction of sp³-hybridized carbons (Fsp3) is 0.231. The predicted molar refractivity (Wildman–Crippen MR) is 134 cm³/mol. The highest BCUT2D eigenvalue weighted by Gasteiger charge is 2.22. The summed E-state index contributed by atoms with van der Waals surface area (Å²) >= 11 is 1.37. The Morgan fingerprint density at radius 1 is 0.971 bits per heavy atom. The third-order valence-corrected chi connectivity index (χ3v) is 8.65. The van der Waals surface area contributed by atoms with Crippen molar-refractivity contribution in [1.82, 2.24) is 9.62 Å². The lowest BCUT2D eigenvalue weighted by Crippen LogP contribution is -2.30. The molecular formula is C26H27N3O3S2. The summed E-state index contributed by atoms with van der Waals surface area (Å²) in [4.78, 5) is 14.9. The van der Waals surface area contributed by atoms with Gasteiger partial charge in [-0.05, 0) is 48.9 Å². The van der Waals surface area contributed by atoms with Gasteiger partial charge in [-0.1, -0.05) is 62.0 Å². The highest BCUT2D eigenvalue weighted by atomic mass is 32.2. The zero-order valence-electron chi connectivity index (χ0n) is 19.4. The Morgan fingerprint density at radius 3 is 2.18 bits per heavy atom. The van der Waals surface area contributed by atoms with Crippen molar-refractivity contribution in [2.24, 2.45) is 0 Å². The largest absolute Gasteiger partial charge is 0.345 e. The van der Waals surface area contributed by atoms with Crippen LogP contribution < -0.4 is 5.32 Å². The number of nitrogens with one attached hydrogen (secondary N) is 1. The van der Waals surface area contributed by atoms with E-state index in [1.807, 2.05) is 45.0 Å². The van der Waals surface area contributed by atoms with Crippen molar-refractivity contribution in [3.05, 3.63) is 89.5 Å². The van der Waals surface area contributed by atoms with Crippen molar-refractivity contribution in [1.29, 1.82) is 5.26 Å². The van der Waals surface area contributed by atoms with Crippen LogP contribution in [0.2, 0.25) is 0 Å². The highest BCUT2D eigenvalue weighted by molar-refractivity contribution is 7.99. The summed E-state index contributed by atoms with van der Waals surface area (Å²) in [6.45, 7) is 6.28. The first-order valence-electron chi connectivity index (χ1n) is 11.0. The fourth-order valence-corrected chi connectivity index (χ4v) is 5.99. The molecule has 1 amide bonds. The molecule has 3 aromatic carbocycles. The zero-order valence-corrected chi connectivity index (χ0v) is 21.0. The van der Waals surface area contributed by atoms with Gasteiger partial charge in [-0.2, -0.15) is 9.57 Å². The van der Waals surface area contributed by atoms with Crippen LogP contribution in [-0.2, 0) is 10.0 Å². The van der Waals surface area contributed by atoms with Gasteiger partial charge in [0.1, 0.15) is 6.07 Å². The number of carbonyl (C=O) groups is 1. The topological polar surface area (TPSA) is 90.3 Å². The first-order chi connectivity index (χ1) is 16.3. The van der Waals surface area contributed by atoms with Gasteiger partial charge in [-0.3, -0.25) is 4.79 Å². The predicted octanol–water partition coefficient (Wildman–Crippen LogP) is 5.23. The Kier molecular flexibility index (Phi) is 8.51. The molecule has 0 radical (unpaired) electrons. The lowest BCUT2D eigenvalue weighted by atomic mass is 10.1. The number of nitrogens with zero attached hydrogens (tertiary/aromatic N) is 2. The normalized spacial score (nSPS) is 12.2. The van der Waals surface area contributed by atoms with Gasteiger partial charge in [0, 0.05) is 22.9 Å². The van der Waals surface area contributed by atoms with Crippen LogP contribution in [0.1, 0.15) is 48.3 Å². The maximum atomic E-state index is 13.1. The summed E-state index contributed by atoms with van der Waals surface area (Å²) in [6.07, 6.45) is 0. The standard InChI is InChI=1S/C26H27N3O3S2/c1-4-29(5-2)34(31,32)22-16-14-20(15-17-22)19(3)28-26(30)23-11-7-9-13-25(23)33-24-12-8-6-10-21(24)18-27/h6-17,19H,4-5H2,1-3H3,(H,28,30). The molecule has 1 atom stereocenters. The first kappa shape index (κ1) is 25.5. The molecule has 3 rings (SSSR count). The van der Waals surface area contributed by atoms with Gasteiger partial charge in [0.2, 0.25) is 10.0 Å². The number of sulfonamides is 1. The number of rotatable bonds is 9. The van der Waals surface area contributed by atoms with E-state index in [-0.39, 0.29) is 16.8 Å². The van der Waals surface area contributed by atoms with Gasteiger partial charge in [-0.25, -0.2) is 8.42 Å². The molecule has 0 heterocycles. The third-order valence-electron chi connectivity index (χ3n) is 5.43. The Morgan fingerprint density at radius 2 is 1.56 bits per heavy atom. The van der Waals surface area contributed by atoms with E-state index < -0.39 is 10.0 Å². The van der Waals surface area contributed by atoms with Crippen molar-refractivity contribution in [2.45, 2.75) is 41.5 Å². The molecule has 0 saturated heterocycles. The second-order valence-electron chi connectivity index (χ2n) is 7.56. The summed E-state index contributed by atoms with van der Waals surface area (Å²) in [7, 11) is -3.53. The smallest absolute Gasteiger partial charge is 0.252 e. The molecule has 176 valence electrons. The maximum Gasteiger partial charge on any atom is 0.252 e. The third kappa shape index (κ3) is 5.68. The van der Waals surface area contributed by atoms with E-state index in [1.54, 1.807) is 48.5 Å². The number of hydrogen-bond acceptors (Lipinski definition) is 5. The van der Waals surface area contributed by atoms with Crippen LogP contribution in [0.4, 0.5) is 0 Å². The van der Waals surface area contributed by atoms with E-state index in [0.717, 1.165) is 15.4 Å². The van der Waals surface area contributed by atoms with Crippen molar-refractivity contribution >= 4 is 27.7 Å². The molecule has 0 bridgehead atoms. The molecule has 6 nitrogen and oxygen atoms in total. The summed E-state index contributed by atoms with van der Waals surface area (Å²) in [6, 6.07) is 23.0. The molecule has 1 N–H and O–H groups in total. The lowest BCUT2D eigenvalue weighted by molar-refractivity contribution is 0.0937. The van der Waals surface area contributed by atoms with Crippen LogP contribution in [0, 0.1) is 11.3 Å². The van der Waals surface area contributed by atoms with E-state index in [2.05, 4.69) is 11.4 Å². The van der Waals surface area contributed by atoms with Crippen molar-refractivity contribution in [2.75, 3.05) is 13.1 Å². The van der Waals surface area contributed by atoms with Crippen LogP contribution in [0.25, 0.3) is 0 Å². The maximum absolute atomic E-state index is 13.1. The zero-order chi connectivity index (χ0) is 24.7. The monoisotopic (exact) mass is 493 g/mol. The van der Waals surface area contributed by atoms with E-state index >= 15 is 0 Å². The number of amides is 1. The number of carbonyl (C=O) groups excluding carboxylic acids is 1. The molecule has 0 spiro atoms. The summed E-state index contributed by atoms with van der Waals surface area (Å²) in [5, 5.41) is 12.4. The Bertz CT molecular complexity index is 1300. The van der Waals surface area contributed by atoms with Gasteiger partial charge in [0.15, 0.2) is 0 Å². The molecule has 8 heteroatoms. The highest BCUT2D eigenvalue weighted by Crippen LogP contribution is 2.33. The van der Waals surface area contributed by atoms with Gasteiger partial charge in [0.05, 0.1) is 22.1 Å². The quantitative estimate of drug-likeness (QED) is 0.441. The minimum Gasteiger partial charge on any atom is -0.345 e. The summed E-state index contributed by atoms with van der Waals surface area (Å²) < 4.78 is 26.8. The van der Waals surface area contributed by atoms with Crippen LogP contribution in [0.5, 0.6) is 0 Å². The Labute approximate surface area is 205 Å². The van der Waals surface area contributed by atoms with E-state index in [4.69, 9.17) is 0 Å². The number of nitriles is 1. The molecule has 0 aliphatic rings. The van der Waals surface area contributed by atoms with Crippen LogP contribution in [0.15, 0.2) is 87.5 Å². The second kappa shape index (κ2) is 11.3. The minimum atomic E-state index is -3.53. The molecule has 0 aliphatic heterocycles. The van der Waals surface area contributed by atoms with Gasteiger partial charge >= 0.3 is 0 Å². The molecule has 0 aromatic heterocycles. The molecular weight excluding hydrogens is 466 g/mol. The van der Waals surface area contributed by atoms with E-state index in [9.17, 15) is 18.5 Å². The average molecular weight is 494 g/mol. The molecule has 1 unspecified atom stereocenters. The summed E-state index contributed by atoms with van der Waals surface area (Å²) in [5.74, 6) is -0.245. The first-order valence-corrected chi connectivity index (χ1v) is 13.2. The van der Waals surface area contributed by atoms with Gasteiger partial charge in [-0.15, -0.1) is 0 Å². The molecule has 0 aliphatic carbocycles. The molecule has 3 aromatic rings. The van der Waals surface area contributed by atoms with Crippen molar-refractivity contribution in [3.8, 4) is 6.07 Å². The Hall–Kier alpha value is -3.12. The molecule has 0 fully saturated rings. The van der Waals surface area contributed by atoms with Crippen LogP contribution in [0.3, 0.4) is 0 Å². The van der Waals surface area contributed by atoms with Crippen molar-refractivity contribution in [3.63, 3.8) is 0 Å². The lowest BCUT2D eigenvalue weighted by Gasteiger charge is -2.19. The fourth-order valence-electron chi connectivity index (χ4n) is 3.51. The SMILES string of the molecule is CCN(CC)S(=O)(=O)c1ccc(C(C)NC(=O)c2ccccc2Sc2ccccc2C#N)cc1. The Balaban J connectivity index is 1.77. The number of benzene rings is 3. The van der Waals surface area contributed by atoms with Gasteiger partial charge < -0.3 is 5.32 Å². The van der Waals surface area contributed by atoms with Crippen molar-refractivity contribution < 1.29 is 13.2 Å². The summed E-state index contributed by atoms with van der Waals surface area (Å²) in [5.41, 5.74) is 1.86. The van der Waals surface area contributed by atoms with Gasteiger partial charge in [0.25, 0.3) is 5.91 Å². The van der Waals surface area contributed by atoms with E-state index in [1.165, 1.54) is 16.1 Å². The van der Waals surface area contributed by atoms with Crippen LogP contribution in [-0.4, -0.2) is 31.7 Å². The number of hydrogen-bond donors (Lipinski definition) is 1. The molecule has 0 saturated carbocycles. The minimum absolute atomic E-state index is 0.233. The second-order valence-corrected chi connectivity index (χ2v) is 10.6.